The van der Waals surface area contributed by atoms with Crippen LogP contribution in [0.5, 0.6) is 0 Å². The maximum atomic E-state index is 12.1. The lowest BCUT2D eigenvalue weighted by atomic mass is 10.1. The fourth-order valence-electron chi connectivity index (χ4n) is 1.71. The number of hydrogen-bond donors (Lipinski definition) is 3. The predicted octanol–water partition coefficient (Wildman–Crippen LogP) is 2.23. The van der Waals surface area contributed by atoms with E-state index in [0.29, 0.717) is 23.2 Å². The topological polar surface area (TPSA) is 67.1 Å². The Hall–Kier alpha value is -1.71. The summed E-state index contributed by atoms with van der Waals surface area (Å²) < 4.78 is 0. The number of hydrogen-bond acceptors (Lipinski definition) is 3. The van der Waals surface area contributed by atoms with Crippen LogP contribution in [0.25, 0.3) is 0 Å². The highest BCUT2D eigenvalue weighted by Crippen LogP contribution is 2.23. The van der Waals surface area contributed by atoms with Gasteiger partial charge in [0.1, 0.15) is 0 Å². The molecule has 0 radical (unpaired) electrons. The standard InChI is InChI=1S/C14H21N3O/c1-9(2)8-16-13-6-3-10(15)7-12(13)14(18)17-11-4-5-11/h3,6-7,9,11,16H,4-5,8,15H2,1-2H3,(H,17,18). The van der Waals surface area contributed by atoms with E-state index in [-0.39, 0.29) is 5.91 Å². The lowest BCUT2D eigenvalue weighted by molar-refractivity contribution is 0.0952. The van der Waals surface area contributed by atoms with Crippen molar-refractivity contribution in [1.29, 1.82) is 0 Å². The molecule has 1 aliphatic rings. The molecule has 0 saturated heterocycles. The summed E-state index contributed by atoms with van der Waals surface area (Å²) in [5.41, 5.74) is 7.88. The summed E-state index contributed by atoms with van der Waals surface area (Å²) in [5.74, 6) is 0.498. The summed E-state index contributed by atoms with van der Waals surface area (Å²) in [6, 6.07) is 5.79. The van der Waals surface area contributed by atoms with Crippen LogP contribution in [0, 0.1) is 5.92 Å². The molecule has 1 saturated carbocycles. The van der Waals surface area contributed by atoms with Crippen molar-refractivity contribution in [2.75, 3.05) is 17.6 Å². The molecule has 98 valence electrons. The molecule has 0 aromatic heterocycles. The first kappa shape index (κ1) is 12.7. The molecular weight excluding hydrogens is 226 g/mol. The monoisotopic (exact) mass is 247 g/mol. The van der Waals surface area contributed by atoms with Crippen molar-refractivity contribution < 1.29 is 4.79 Å². The first-order valence-electron chi connectivity index (χ1n) is 6.50. The number of nitrogen functional groups attached to an aromatic ring is 1. The van der Waals surface area contributed by atoms with Crippen LogP contribution in [0.15, 0.2) is 18.2 Å². The van der Waals surface area contributed by atoms with Gasteiger partial charge in [0, 0.05) is 24.0 Å². The zero-order chi connectivity index (χ0) is 13.1. The van der Waals surface area contributed by atoms with Crippen molar-refractivity contribution in [3.63, 3.8) is 0 Å². The lowest BCUT2D eigenvalue weighted by Crippen LogP contribution is -2.26. The number of nitrogens with one attached hydrogen (secondary N) is 2. The van der Waals surface area contributed by atoms with Gasteiger partial charge in [-0.1, -0.05) is 13.8 Å². The second kappa shape index (κ2) is 5.29. The van der Waals surface area contributed by atoms with Gasteiger partial charge in [0.15, 0.2) is 0 Å². The van der Waals surface area contributed by atoms with Gasteiger partial charge in [0.2, 0.25) is 0 Å². The molecule has 2 rings (SSSR count). The minimum Gasteiger partial charge on any atom is -0.399 e. The zero-order valence-electron chi connectivity index (χ0n) is 11.0. The van der Waals surface area contributed by atoms with Gasteiger partial charge in [-0.25, -0.2) is 0 Å². The summed E-state index contributed by atoms with van der Waals surface area (Å²) in [4.78, 5) is 12.1. The van der Waals surface area contributed by atoms with E-state index in [9.17, 15) is 4.79 Å². The van der Waals surface area contributed by atoms with Crippen LogP contribution in [0.3, 0.4) is 0 Å². The first-order chi connectivity index (χ1) is 8.56. The SMILES string of the molecule is CC(C)CNc1ccc(N)cc1C(=O)NC1CC1. The molecule has 1 amide bonds. The third-order valence-electron chi connectivity index (χ3n) is 2.90. The maximum absolute atomic E-state index is 12.1. The third kappa shape index (κ3) is 3.39. The Labute approximate surface area is 108 Å². The molecule has 1 aromatic rings. The molecule has 1 aliphatic carbocycles. The molecule has 0 aliphatic heterocycles. The maximum Gasteiger partial charge on any atom is 0.253 e. The fraction of sp³-hybridized carbons (Fsp3) is 0.500. The second-order valence-corrected chi connectivity index (χ2v) is 5.33. The summed E-state index contributed by atoms with van der Waals surface area (Å²) in [7, 11) is 0. The molecule has 4 heteroatoms. The quantitative estimate of drug-likeness (QED) is 0.699. The van der Waals surface area contributed by atoms with Gasteiger partial charge in [0.25, 0.3) is 5.91 Å². The highest BCUT2D eigenvalue weighted by atomic mass is 16.1. The Morgan fingerprint density at radius 1 is 1.44 bits per heavy atom. The summed E-state index contributed by atoms with van der Waals surface area (Å²) in [6.07, 6.45) is 2.17. The van der Waals surface area contributed by atoms with Gasteiger partial charge in [-0.05, 0) is 37.0 Å². The Morgan fingerprint density at radius 3 is 2.78 bits per heavy atom. The lowest BCUT2D eigenvalue weighted by Gasteiger charge is -2.14. The highest BCUT2D eigenvalue weighted by molar-refractivity contribution is 6.00. The van der Waals surface area contributed by atoms with Crippen LogP contribution in [-0.4, -0.2) is 18.5 Å². The van der Waals surface area contributed by atoms with E-state index in [0.717, 1.165) is 25.1 Å². The minimum absolute atomic E-state index is 0.0314. The Morgan fingerprint density at radius 2 is 2.17 bits per heavy atom. The van der Waals surface area contributed by atoms with E-state index in [1.807, 2.05) is 12.1 Å². The molecule has 0 heterocycles. The molecular formula is C14H21N3O. The Kier molecular flexibility index (Phi) is 3.75. The zero-order valence-corrected chi connectivity index (χ0v) is 11.0. The van der Waals surface area contributed by atoms with Crippen LogP contribution >= 0.6 is 0 Å². The van der Waals surface area contributed by atoms with Crippen LogP contribution in [0.1, 0.15) is 37.0 Å². The number of amides is 1. The van der Waals surface area contributed by atoms with E-state index in [2.05, 4.69) is 24.5 Å². The van der Waals surface area contributed by atoms with Crippen LogP contribution < -0.4 is 16.4 Å². The van der Waals surface area contributed by atoms with Crippen molar-refractivity contribution in [2.24, 2.45) is 5.92 Å². The largest absolute Gasteiger partial charge is 0.399 e. The summed E-state index contributed by atoms with van der Waals surface area (Å²) in [6.45, 7) is 5.11. The number of nitrogens with two attached hydrogens (primary N) is 1. The van der Waals surface area contributed by atoms with Crippen molar-refractivity contribution >= 4 is 17.3 Å². The van der Waals surface area contributed by atoms with Gasteiger partial charge < -0.3 is 16.4 Å². The van der Waals surface area contributed by atoms with Gasteiger partial charge in [0.05, 0.1) is 5.56 Å². The Bertz CT molecular complexity index is 439. The smallest absolute Gasteiger partial charge is 0.253 e. The molecule has 4 nitrogen and oxygen atoms in total. The molecule has 4 N–H and O–H groups in total. The Balaban J connectivity index is 2.13. The molecule has 0 bridgehead atoms. The molecule has 18 heavy (non-hydrogen) atoms. The van der Waals surface area contributed by atoms with E-state index in [4.69, 9.17) is 5.73 Å². The highest BCUT2D eigenvalue weighted by Gasteiger charge is 2.24. The number of carbonyl (C=O) groups excluding carboxylic acids is 1. The van der Waals surface area contributed by atoms with E-state index < -0.39 is 0 Å². The van der Waals surface area contributed by atoms with Crippen LogP contribution in [-0.2, 0) is 0 Å². The van der Waals surface area contributed by atoms with Crippen molar-refractivity contribution in [2.45, 2.75) is 32.7 Å². The number of benzene rings is 1. The predicted molar refractivity (Wildman–Crippen MR) is 74.7 cm³/mol. The third-order valence-corrected chi connectivity index (χ3v) is 2.90. The second-order valence-electron chi connectivity index (χ2n) is 5.33. The van der Waals surface area contributed by atoms with Gasteiger partial charge in [-0.15, -0.1) is 0 Å². The number of anilines is 2. The van der Waals surface area contributed by atoms with Crippen LogP contribution in [0.2, 0.25) is 0 Å². The van der Waals surface area contributed by atoms with Crippen molar-refractivity contribution in [3.05, 3.63) is 23.8 Å². The summed E-state index contributed by atoms with van der Waals surface area (Å²) >= 11 is 0. The van der Waals surface area contributed by atoms with Crippen molar-refractivity contribution in [1.82, 2.24) is 5.32 Å². The van der Waals surface area contributed by atoms with Crippen molar-refractivity contribution in [3.8, 4) is 0 Å². The van der Waals surface area contributed by atoms with Gasteiger partial charge in [-0.3, -0.25) is 4.79 Å². The summed E-state index contributed by atoms with van der Waals surface area (Å²) in [5, 5.41) is 6.29. The molecule has 1 aromatic carbocycles. The van der Waals surface area contributed by atoms with Gasteiger partial charge in [-0.2, -0.15) is 0 Å². The van der Waals surface area contributed by atoms with E-state index >= 15 is 0 Å². The van der Waals surface area contributed by atoms with Crippen LogP contribution in [0.4, 0.5) is 11.4 Å². The molecule has 0 unspecified atom stereocenters. The fourth-order valence-corrected chi connectivity index (χ4v) is 1.71. The average molecular weight is 247 g/mol. The first-order valence-corrected chi connectivity index (χ1v) is 6.50. The minimum atomic E-state index is -0.0314. The molecule has 0 spiro atoms. The molecule has 1 fully saturated rings. The normalized spacial score (nSPS) is 14.6. The van der Waals surface area contributed by atoms with E-state index in [1.54, 1.807) is 6.07 Å². The molecule has 0 atom stereocenters. The average Bonchev–Trinajstić information content (AvgIpc) is 3.11. The van der Waals surface area contributed by atoms with E-state index in [1.165, 1.54) is 0 Å². The number of carbonyl (C=O) groups is 1. The number of rotatable bonds is 5. The van der Waals surface area contributed by atoms with Gasteiger partial charge >= 0.3 is 0 Å².